The van der Waals surface area contributed by atoms with Crippen molar-refractivity contribution in [2.75, 3.05) is 32.1 Å². The zero-order valence-electron chi connectivity index (χ0n) is 12.5. The summed E-state index contributed by atoms with van der Waals surface area (Å²) in [6.07, 6.45) is 0. The van der Waals surface area contributed by atoms with Crippen LogP contribution in [0.3, 0.4) is 0 Å². The minimum Gasteiger partial charge on any atom is -0.492 e. The van der Waals surface area contributed by atoms with Crippen LogP contribution in [0.2, 0.25) is 0 Å². The van der Waals surface area contributed by atoms with Crippen molar-refractivity contribution in [3.8, 4) is 5.75 Å². The van der Waals surface area contributed by atoms with E-state index in [0.29, 0.717) is 19.7 Å². The topological polar surface area (TPSA) is 41.6 Å². The third kappa shape index (κ3) is 5.65. The fourth-order valence-electron chi connectivity index (χ4n) is 1.91. The van der Waals surface area contributed by atoms with Gasteiger partial charge in [0.15, 0.2) is 0 Å². The molecule has 0 radical (unpaired) electrons. The van der Waals surface area contributed by atoms with Crippen LogP contribution in [-0.2, 0) is 4.79 Å². The first-order valence-corrected chi connectivity index (χ1v) is 8.14. The van der Waals surface area contributed by atoms with E-state index in [0.717, 1.165) is 15.0 Å². The van der Waals surface area contributed by atoms with Gasteiger partial charge in [0.2, 0.25) is 5.91 Å². The molecule has 0 aliphatic rings. The Bertz CT molecular complexity index is 605. The summed E-state index contributed by atoms with van der Waals surface area (Å²) in [5.74, 6) is 0.825. The Hall–Kier alpha value is -1.60. The van der Waals surface area contributed by atoms with Crippen molar-refractivity contribution < 1.29 is 9.53 Å². The van der Waals surface area contributed by atoms with Crippen molar-refractivity contribution >= 4 is 34.2 Å². The number of rotatable bonds is 7. The van der Waals surface area contributed by atoms with Crippen molar-refractivity contribution in [1.82, 2.24) is 4.90 Å². The Morgan fingerprint density at radius 2 is 1.82 bits per heavy atom. The number of carbonyl (C=O) groups is 1. The van der Waals surface area contributed by atoms with Crippen molar-refractivity contribution in [3.63, 3.8) is 0 Å². The van der Waals surface area contributed by atoms with Gasteiger partial charge in [-0.3, -0.25) is 9.69 Å². The summed E-state index contributed by atoms with van der Waals surface area (Å²) >= 11 is 2.21. The normalized spacial score (nSPS) is 10.5. The van der Waals surface area contributed by atoms with Crippen LogP contribution >= 0.6 is 22.6 Å². The van der Waals surface area contributed by atoms with Gasteiger partial charge in [0, 0.05) is 10.1 Å². The van der Waals surface area contributed by atoms with Gasteiger partial charge in [-0.1, -0.05) is 30.3 Å². The number of likely N-dealkylation sites (N-methyl/N-ethyl adjacent to an activating group) is 1. The number of anilines is 1. The Labute approximate surface area is 144 Å². The van der Waals surface area contributed by atoms with Gasteiger partial charge in [-0.15, -0.1) is 0 Å². The second kappa shape index (κ2) is 8.75. The van der Waals surface area contributed by atoms with Crippen LogP contribution in [0.25, 0.3) is 0 Å². The summed E-state index contributed by atoms with van der Waals surface area (Å²) in [6.45, 7) is 1.58. The SMILES string of the molecule is CN(CCOc1ccccc1)CC(=O)Nc1ccccc1I. The van der Waals surface area contributed by atoms with Gasteiger partial charge in [-0.05, 0) is 53.9 Å². The molecule has 0 aromatic heterocycles. The van der Waals surface area contributed by atoms with Gasteiger partial charge in [0.05, 0.1) is 12.2 Å². The van der Waals surface area contributed by atoms with Crippen LogP contribution in [0.5, 0.6) is 5.75 Å². The molecule has 4 nitrogen and oxygen atoms in total. The molecule has 0 heterocycles. The molecule has 116 valence electrons. The summed E-state index contributed by atoms with van der Waals surface area (Å²) in [7, 11) is 1.91. The van der Waals surface area contributed by atoms with E-state index < -0.39 is 0 Å². The number of carbonyl (C=O) groups excluding carboxylic acids is 1. The number of amides is 1. The minimum absolute atomic E-state index is 0.0219. The fraction of sp³-hybridized carbons (Fsp3) is 0.235. The maximum atomic E-state index is 12.0. The van der Waals surface area contributed by atoms with Crippen LogP contribution in [0.4, 0.5) is 5.69 Å². The number of ether oxygens (including phenoxy) is 1. The number of nitrogens with one attached hydrogen (secondary N) is 1. The zero-order chi connectivity index (χ0) is 15.8. The lowest BCUT2D eigenvalue weighted by Crippen LogP contribution is -2.33. The molecule has 0 unspecified atom stereocenters. The minimum atomic E-state index is -0.0219. The monoisotopic (exact) mass is 410 g/mol. The second-order valence-corrected chi connectivity index (χ2v) is 6.09. The van der Waals surface area contributed by atoms with E-state index in [1.807, 2.05) is 66.5 Å². The molecule has 0 spiro atoms. The van der Waals surface area contributed by atoms with Crippen LogP contribution < -0.4 is 10.1 Å². The molecule has 0 fully saturated rings. The van der Waals surface area contributed by atoms with Crippen molar-refractivity contribution in [1.29, 1.82) is 0 Å². The molecule has 0 saturated heterocycles. The first kappa shape index (κ1) is 16.8. The lowest BCUT2D eigenvalue weighted by Gasteiger charge is -2.17. The third-order valence-electron chi connectivity index (χ3n) is 3.05. The van der Waals surface area contributed by atoms with E-state index >= 15 is 0 Å². The van der Waals surface area contributed by atoms with E-state index in [4.69, 9.17) is 4.74 Å². The van der Waals surface area contributed by atoms with Gasteiger partial charge in [-0.25, -0.2) is 0 Å². The molecule has 1 amide bonds. The molecule has 0 saturated carbocycles. The molecule has 2 aromatic rings. The first-order valence-electron chi connectivity index (χ1n) is 7.06. The Morgan fingerprint density at radius 1 is 1.14 bits per heavy atom. The molecular formula is C17H19IN2O2. The average molecular weight is 410 g/mol. The number of nitrogens with zero attached hydrogens (tertiary/aromatic N) is 1. The van der Waals surface area contributed by atoms with Crippen LogP contribution in [-0.4, -0.2) is 37.6 Å². The van der Waals surface area contributed by atoms with Crippen LogP contribution in [0.1, 0.15) is 0 Å². The molecule has 0 bridgehead atoms. The van der Waals surface area contributed by atoms with E-state index in [9.17, 15) is 4.79 Å². The van der Waals surface area contributed by atoms with Gasteiger partial charge in [0.25, 0.3) is 0 Å². The van der Waals surface area contributed by atoms with Gasteiger partial charge in [0.1, 0.15) is 12.4 Å². The maximum Gasteiger partial charge on any atom is 0.238 e. The molecule has 5 heteroatoms. The Kier molecular flexibility index (Phi) is 6.67. The summed E-state index contributed by atoms with van der Waals surface area (Å²) in [4.78, 5) is 13.9. The van der Waals surface area contributed by atoms with Crippen molar-refractivity contribution in [2.24, 2.45) is 0 Å². The number of hydrogen-bond acceptors (Lipinski definition) is 3. The molecule has 2 rings (SSSR count). The summed E-state index contributed by atoms with van der Waals surface area (Å²) in [6, 6.07) is 17.4. The van der Waals surface area contributed by atoms with Crippen LogP contribution in [0, 0.1) is 3.57 Å². The van der Waals surface area contributed by atoms with Crippen molar-refractivity contribution in [3.05, 3.63) is 58.2 Å². The smallest absolute Gasteiger partial charge is 0.238 e. The highest BCUT2D eigenvalue weighted by atomic mass is 127. The van der Waals surface area contributed by atoms with Gasteiger partial charge in [-0.2, -0.15) is 0 Å². The number of benzene rings is 2. The predicted molar refractivity (Wildman–Crippen MR) is 97.2 cm³/mol. The zero-order valence-corrected chi connectivity index (χ0v) is 14.6. The first-order chi connectivity index (χ1) is 10.6. The number of para-hydroxylation sites is 2. The quantitative estimate of drug-likeness (QED) is 0.713. The Balaban J connectivity index is 1.71. The largest absolute Gasteiger partial charge is 0.492 e. The van der Waals surface area contributed by atoms with Gasteiger partial charge < -0.3 is 10.1 Å². The van der Waals surface area contributed by atoms with E-state index in [2.05, 4.69) is 27.9 Å². The summed E-state index contributed by atoms with van der Waals surface area (Å²) < 4.78 is 6.65. The van der Waals surface area contributed by atoms with E-state index in [-0.39, 0.29) is 5.91 Å². The number of hydrogen-bond donors (Lipinski definition) is 1. The molecular weight excluding hydrogens is 391 g/mol. The molecule has 0 aliphatic carbocycles. The predicted octanol–water partition coefficient (Wildman–Crippen LogP) is 3.24. The summed E-state index contributed by atoms with van der Waals surface area (Å²) in [5.41, 5.74) is 0.849. The molecule has 0 atom stereocenters. The van der Waals surface area contributed by atoms with E-state index in [1.54, 1.807) is 0 Å². The Morgan fingerprint density at radius 3 is 2.55 bits per heavy atom. The second-order valence-electron chi connectivity index (χ2n) is 4.93. The molecule has 1 N–H and O–H groups in total. The molecule has 2 aromatic carbocycles. The lowest BCUT2D eigenvalue weighted by molar-refractivity contribution is -0.117. The highest BCUT2D eigenvalue weighted by Crippen LogP contribution is 2.16. The highest BCUT2D eigenvalue weighted by Gasteiger charge is 2.08. The summed E-state index contributed by atoms with van der Waals surface area (Å²) in [5, 5.41) is 2.92. The highest BCUT2D eigenvalue weighted by molar-refractivity contribution is 14.1. The lowest BCUT2D eigenvalue weighted by atomic mass is 10.3. The third-order valence-corrected chi connectivity index (χ3v) is 3.99. The fourth-order valence-corrected chi connectivity index (χ4v) is 2.43. The van der Waals surface area contributed by atoms with Crippen molar-refractivity contribution in [2.45, 2.75) is 0 Å². The van der Waals surface area contributed by atoms with E-state index in [1.165, 1.54) is 0 Å². The molecule has 0 aliphatic heterocycles. The van der Waals surface area contributed by atoms with Gasteiger partial charge >= 0.3 is 0 Å². The standard InChI is InChI=1S/C17H19IN2O2/c1-20(11-12-22-14-7-3-2-4-8-14)13-17(21)19-16-10-6-5-9-15(16)18/h2-10H,11-13H2,1H3,(H,19,21). The maximum absolute atomic E-state index is 12.0. The van der Waals surface area contributed by atoms with Crippen LogP contribution in [0.15, 0.2) is 54.6 Å². The number of halogens is 1. The molecule has 22 heavy (non-hydrogen) atoms. The average Bonchev–Trinajstić information content (AvgIpc) is 2.50.